The maximum atomic E-state index is 13.1. The summed E-state index contributed by atoms with van der Waals surface area (Å²) in [7, 11) is 3.18. The van der Waals surface area contributed by atoms with E-state index in [1.807, 2.05) is 29.8 Å². The number of anilines is 1. The third-order valence-corrected chi connectivity index (χ3v) is 4.68. The first-order valence-corrected chi connectivity index (χ1v) is 9.32. The van der Waals surface area contributed by atoms with E-state index in [1.165, 1.54) is 10.7 Å². The third-order valence-electron chi connectivity index (χ3n) is 4.68. The van der Waals surface area contributed by atoms with Gasteiger partial charge in [-0.05, 0) is 43.3 Å². The molecule has 0 saturated carbocycles. The molecule has 1 N–H and O–H groups in total. The van der Waals surface area contributed by atoms with Gasteiger partial charge in [-0.2, -0.15) is 22.8 Å². The Labute approximate surface area is 188 Å². The zero-order chi connectivity index (χ0) is 22.2. The van der Waals surface area contributed by atoms with Crippen molar-refractivity contribution in [3.8, 4) is 28.5 Å². The molecule has 0 saturated heterocycles. The Bertz CT molecular complexity index is 1230. The SMILES string of the molecule is CNc1nc(-c2ccc(-n3cnc(C)c3)c(OC)c2)nn1-c1cccc(C(F)(F)F)c1.Cl. The van der Waals surface area contributed by atoms with E-state index in [0.29, 0.717) is 23.1 Å². The minimum atomic E-state index is -4.45. The van der Waals surface area contributed by atoms with Crippen LogP contribution >= 0.6 is 12.4 Å². The van der Waals surface area contributed by atoms with Crippen molar-refractivity contribution in [1.82, 2.24) is 24.3 Å². The van der Waals surface area contributed by atoms with Crippen molar-refractivity contribution in [1.29, 1.82) is 0 Å². The number of hydrogen-bond acceptors (Lipinski definition) is 5. The molecular formula is C21H20ClF3N6O. The van der Waals surface area contributed by atoms with Gasteiger partial charge < -0.3 is 14.6 Å². The monoisotopic (exact) mass is 464 g/mol. The van der Waals surface area contributed by atoms with E-state index in [9.17, 15) is 13.2 Å². The number of benzene rings is 2. The average Bonchev–Trinajstić information content (AvgIpc) is 3.39. The molecule has 4 rings (SSSR count). The molecule has 0 unspecified atom stereocenters. The minimum Gasteiger partial charge on any atom is -0.495 e. The molecule has 0 aliphatic carbocycles. The Morgan fingerprint density at radius 2 is 1.88 bits per heavy atom. The smallest absolute Gasteiger partial charge is 0.416 e. The highest BCUT2D eigenvalue weighted by atomic mass is 35.5. The number of halogens is 4. The van der Waals surface area contributed by atoms with Crippen molar-refractivity contribution in [3.63, 3.8) is 0 Å². The number of nitrogens with one attached hydrogen (secondary N) is 1. The lowest BCUT2D eigenvalue weighted by Crippen LogP contribution is -2.08. The Morgan fingerprint density at radius 1 is 1.09 bits per heavy atom. The molecule has 0 bridgehead atoms. The first kappa shape index (κ1) is 23.1. The zero-order valence-electron chi connectivity index (χ0n) is 17.4. The second-order valence-corrected chi connectivity index (χ2v) is 6.78. The summed E-state index contributed by atoms with van der Waals surface area (Å²) in [6.07, 6.45) is -0.891. The van der Waals surface area contributed by atoms with Gasteiger partial charge >= 0.3 is 6.18 Å². The second kappa shape index (κ2) is 8.91. The van der Waals surface area contributed by atoms with Crippen molar-refractivity contribution < 1.29 is 17.9 Å². The maximum absolute atomic E-state index is 13.1. The van der Waals surface area contributed by atoms with Crippen LogP contribution in [0.5, 0.6) is 5.75 Å². The van der Waals surface area contributed by atoms with Crippen molar-refractivity contribution >= 4 is 18.4 Å². The summed E-state index contributed by atoms with van der Waals surface area (Å²) < 4.78 is 48.1. The Balaban J connectivity index is 0.00000289. The van der Waals surface area contributed by atoms with Gasteiger partial charge in [0.1, 0.15) is 5.75 Å². The van der Waals surface area contributed by atoms with Crippen LogP contribution in [0.15, 0.2) is 55.0 Å². The number of rotatable bonds is 5. The predicted octanol–water partition coefficient (Wildman–Crippen LogP) is 4.92. The van der Waals surface area contributed by atoms with Gasteiger partial charge in [0.05, 0.1) is 36.1 Å². The summed E-state index contributed by atoms with van der Waals surface area (Å²) in [6, 6.07) is 10.4. The number of alkyl halides is 3. The summed E-state index contributed by atoms with van der Waals surface area (Å²) in [5.41, 5.74) is 1.80. The van der Waals surface area contributed by atoms with Crippen molar-refractivity contribution in [2.45, 2.75) is 13.1 Å². The molecule has 7 nitrogen and oxygen atoms in total. The topological polar surface area (TPSA) is 69.8 Å². The van der Waals surface area contributed by atoms with Gasteiger partial charge in [-0.25, -0.2) is 4.98 Å². The highest BCUT2D eigenvalue weighted by Crippen LogP contribution is 2.32. The lowest BCUT2D eigenvalue weighted by molar-refractivity contribution is -0.137. The lowest BCUT2D eigenvalue weighted by atomic mass is 10.1. The molecule has 0 aliphatic rings. The van der Waals surface area contributed by atoms with Gasteiger partial charge in [-0.3, -0.25) is 0 Å². The van der Waals surface area contributed by atoms with Crippen molar-refractivity contribution in [2.24, 2.45) is 0 Å². The van der Waals surface area contributed by atoms with E-state index in [-0.39, 0.29) is 18.1 Å². The first-order valence-electron chi connectivity index (χ1n) is 9.32. The van der Waals surface area contributed by atoms with Gasteiger partial charge in [-0.1, -0.05) is 6.07 Å². The average molecular weight is 465 g/mol. The molecular weight excluding hydrogens is 445 g/mol. The second-order valence-electron chi connectivity index (χ2n) is 6.78. The number of ether oxygens (including phenoxy) is 1. The number of hydrogen-bond donors (Lipinski definition) is 1. The van der Waals surface area contributed by atoms with Gasteiger partial charge in [0.25, 0.3) is 0 Å². The molecule has 0 atom stereocenters. The summed E-state index contributed by atoms with van der Waals surface area (Å²) >= 11 is 0. The number of aryl methyl sites for hydroxylation is 1. The van der Waals surface area contributed by atoms with Gasteiger partial charge in [0.15, 0.2) is 5.82 Å². The standard InChI is InChI=1S/C21H19F3N6O.ClH/c1-13-11-29(12-26-13)17-8-7-14(9-18(17)31-3)19-27-20(25-2)30(28-19)16-6-4-5-15(10-16)21(22,23)24;/h4-12H,1-3H3,(H,25,27,28);1H. The molecule has 4 aromatic rings. The summed E-state index contributed by atoms with van der Waals surface area (Å²) in [6.45, 7) is 1.89. The van der Waals surface area contributed by atoms with Gasteiger partial charge in [0.2, 0.25) is 5.95 Å². The van der Waals surface area contributed by atoms with E-state index in [2.05, 4.69) is 20.4 Å². The Kier molecular flexibility index (Phi) is 6.45. The Hall–Kier alpha value is -3.53. The van der Waals surface area contributed by atoms with Crippen LogP contribution in [0.1, 0.15) is 11.3 Å². The number of methoxy groups -OCH3 is 1. The summed E-state index contributed by atoms with van der Waals surface area (Å²) in [5.74, 6) is 1.23. The van der Waals surface area contributed by atoms with Crippen LogP contribution in [0.25, 0.3) is 22.8 Å². The summed E-state index contributed by atoms with van der Waals surface area (Å²) in [5, 5.41) is 7.30. The molecule has 0 spiro atoms. The quantitative estimate of drug-likeness (QED) is 0.454. The number of nitrogens with zero attached hydrogens (tertiary/aromatic N) is 5. The third kappa shape index (κ3) is 4.40. The first-order chi connectivity index (χ1) is 14.8. The highest BCUT2D eigenvalue weighted by Gasteiger charge is 2.30. The van der Waals surface area contributed by atoms with Crippen LogP contribution in [0.3, 0.4) is 0 Å². The highest BCUT2D eigenvalue weighted by molar-refractivity contribution is 5.85. The normalized spacial score (nSPS) is 11.2. The minimum absolute atomic E-state index is 0. The number of aromatic nitrogens is 5. The number of imidazole rings is 1. The van der Waals surface area contributed by atoms with E-state index >= 15 is 0 Å². The fourth-order valence-corrected chi connectivity index (χ4v) is 3.17. The van der Waals surface area contributed by atoms with Gasteiger partial charge in [0, 0.05) is 18.8 Å². The van der Waals surface area contributed by atoms with E-state index in [4.69, 9.17) is 4.74 Å². The fourth-order valence-electron chi connectivity index (χ4n) is 3.17. The maximum Gasteiger partial charge on any atom is 0.416 e. The van der Waals surface area contributed by atoms with Crippen molar-refractivity contribution in [2.75, 3.05) is 19.5 Å². The molecule has 11 heteroatoms. The molecule has 0 amide bonds. The molecule has 2 aromatic carbocycles. The lowest BCUT2D eigenvalue weighted by Gasteiger charge is -2.10. The summed E-state index contributed by atoms with van der Waals surface area (Å²) in [4.78, 5) is 8.66. The predicted molar refractivity (Wildman–Crippen MR) is 117 cm³/mol. The zero-order valence-corrected chi connectivity index (χ0v) is 18.2. The Morgan fingerprint density at radius 3 is 2.50 bits per heavy atom. The van der Waals surface area contributed by atoms with Crippen LogP contribution in [0.2, 0.25) is 0 Å². The molecule has 2 aromatic heterocycles. The largest absolute Gasteiger partial charge is 0.495 e. The van der Waals surface area contributed by atoms with Crippen LogP contribution in [0.4, 0.5) is 19.1 Å². The van der Waals surface area contributed by atoms with Crippen LogP contribution in [0, 0.1) is 6.92 Å². The van der Waals surface area contributed by atoms with E-state index in [1.54, 1.807) is 32.6 Å². The molecule has 168 valence electrons. The molecule has 0 aliphatic heterocycles. The molecule has 32 heavy (non-hydrogen) atoms. The van der Waals surface area contributed by atoms with Crippen LogP contribution in [-0.4, -0.2) is 38.5 Å². The van der Waals surface area contributed by atoms with Gasteiger partial charge in [-0.15, -0.1) is 17.5 Å². The fraction of sp³-hybridized carbons (Fsp3) is 0.190. The van der Waals surface area contributed by atoms with Crippen LogP contribution < -0.4 is 10.1 Å². The molecule has 0 fully saturated rings. The molecule has 2 heterocycles. The van der Waals surface area contributed by atoms with Crippen LogP contribution in [-0.2, 0) is 6.18 Å². The van der Waals surface area contributed by atoms with Crippen molar-refractivity contribution in [3.05, 3.63) is 66.2 Å². The molecule has 0 radical (unpaired) electrons. The van der Waals surface area contributed by atoms with E-state index < -0.39 is 11.7 Å². The van der Waals surface area contributed by atoms with E-state index in [0.717, 1.165) is 23.5 Å².